The minimum absolute atomic E-state index is 0.183. The van der Waals surface area contributed by atoms with E-state index in [1.165, 1.54) is 0 Å². The fraction of sp³-hybridized carbons (Fsp3) is 0.185. The van der Waals surface area contributed by atoms with Crippen LogP contribution >= 0.6 is 0 Å². The molecule has 1 heterocycles. The molecule has 3 aromatic carbocycles. The van der Waals surface area contributed by atoms with Crippen molar-refractivity contribution in [1.82, 2.24) is 4.98 Å². The van der Waals surface area contributed by atoms with E-state index in [1.54, 1.807) is 12.3 Å². The smallest absolute Gasteiger partial charge is 0.342 e. The zero-order chi connectivity index (χ0) is 22.3. The van der Waals surface area contributed by atoms with Crippen LogP contribution in [0.5, 0.6) is 5.75 Å². The lowest BCUT2D eigenvalue weighted by Crippen LogP contribution is -2.30. The maximum Gasteiger partial charge on any atom is 0.342 e. The SMILES string of the molecule is Cc1cc(OCC(N)Cc2ccccc2)c(C(=O)OCc2ccccc2)c2cccnc12. The Hall–Kier alpha value is -3.70. The minimum Gasteiger partial charge on any atom is -0.491 e. The normalized spacial score (nSPS) is 11.8. The average Bonchev–Trinajstić information content (AvgIpc) is 2.83. The Morgan fingerprint density at radius 3 is 2.38 bits per heavy atom. The molecule has 0 amide bonds. The molecule has 0 fully saturated rings. The number of carbonyl (C=O) groups excluding carboxylic acids is 1. The van der Waals surface area contributed by atoms with Crippen LogP contribution in [-0.4, -0.2) is 23.6 Å². The molecule has 1 aromatic heterocycles. The van der Waals surface area contributed by atoms with Crippen molar-refractivity contribution in [1.29, 1.82) is 0 Å². The number of aromatic nitrogens is 1. The van der Waals surface area contributed by atoms with Gasteiger partial charge in [-0.2, -0.15) is 0 Å². The van der Waals surface area contributed by atoms with Crippen LogP contribution in [0.3, 0.4) is 0 Å². The lowest BCUT2D eigenvalue weighted by Gasteiger charge is -2.18. The second kappa shape index (κ2) is 10.1. The van der Waals surface area contributed by atoms with Gasteiger partial charge in [0.1, 0.15) is 24.5 Å². The Bertz CT molecular complexity index is 1190. The van der Waals surface area contributed by atoms with Crippen LogP contribution in [0.2, 0.25) is 0 Å². The zero-order valence-electron chi connectivity index (χ0n) is 18.0. The monoisotopic (exact) mass is 426 g/mol. The molecule has 1 unspecified atom stereocenters. The van der Waals surface area contributed by atoms with Crippen molar-refractivity contribution in [3.05, 3.63) is 107 Å². The van der Waals surface area contributed by atoms with E-state index in [0.29, 0.717) is 23.1 Å². The first-order valence-corrected chi connectivity index (χ1v) is 10.6. The highest BCUT2D eigenvalue weighted by Crippen LogP contribution is 2.31. The number of benzene rings is 3. The summed E-state index contributed by atoms with van der Waals surface area (Å²) in [5.74, 6) is 0.0167. The van der Waals surface area contributed by atoms with E-state index in [0.717, 1.165) is 22.2 Å². The van der Waals surface area contributed by atoms with E-state index in [4.69, 9.17) is 15.2 Å². The Labute approximate surface area is 187 Å². The lowest BCUT2D eigenvalue weighted by molar-refractivity contribution is 0.0470. The molecule has 4 aromatic rings. The molecular formula is C27H26N2O3. The van der Waals surface area contributed by atoms with Gasteiger partial charge < -0.3 is 15.2 Å². The number of fused-ring (bicyclic) bond motifs is 1. The van der Waals surface area contributed by atoms with E-state index in [9.17, 15) is 4.79 Å². The summed E-state index contributed by atoms with van der Waals surface area (Å²) >= 11 is 0. The summed E-state index contributed by atoms with van der Waals surface area (Å²) in [5, 5.41) is 0.706. The number of nitrogens with zero attached hydrogens (tertiary/aromatic N) is 1. The molecule has 0 radical (unpaired) electrons. The molecule has 0 aliphatic rings. The Balaban J connectivity index is 1.57. The summed E-state index contributed by atoms with van der Waals surface area (Å²) in [6, 6.07) is 24.9. The maximum absolute atomic E-state index is 13.1. The quantitative estimate of drug-likeness (QED) is 0.408. The van der Waals surface area contributed by atoms with Crippen LogP contribution in [0.4, 0.5) is 0 Å². The van der Waals surface area contributed by atoms with Crippen molar-refractivity contribution in [3.8, 4) is 5.75 Å². The molecule has 0 spiro atoms. The first-order valence-electron chi connectivity index (χ1n) is 10.6. The van der Waals surface area contributed by atoms with Gasteiger partial charge in [-0.05, 0) is 42.2 Å². The minimum atomic E-state index is -0.446. The number of hydrogen-bond acceptors (Lipinski definition) is 5. The van der Waals surface area contributed by atoms with Gasteiger partial charge in [0.25, 0.3) is 0 Å². The van der Waals surface area contributed by atoms with E-state index >= 15 is 0 Å². The van der Waals surface area contributed by atoms with Crippen LogP contribution in [0, 0.1) is 6.92 Å². The molecular weight excluding hydrogens is 400 g/mol. The van der Waals surface area contributed by atoms with Crippen molar-refractivity contribution >= 4 is 16.9 Å². The molecule has 1 atom stereocenters. The largest absolute Gasteiger partial charge is 0.491 e. The first kappa shape index (κ1) is 21.5. The van der Waals surface area contributed by atoms with Crippen LogP contribution in [0.25, 0.3) is 10.9 Å². The van der Waals surface area contributed by atoms with E-state index in [-0.39, 0.29) is 19.3 Å². The standard InChI is InChI=1S/C27H26N2O3/c1-19-15-24(31-18-22(28)16-20-9-4-2-5-10-20)25(23-13-8-14-29-26(19)23)27(30)32-17-21-11-6-3-7-12-21/h2-15,22H,16-18,28H2,1H3. The number of nitrogens with two attached hydrogens (primary N) is 1. The summed E-state index contributed by atoms with van der Waals surface area (Å²) in [7, 11) is 0. The molecule has 162 valence electrons. The summed E-state index contributed by atoms with van der Waals surface area (Å²) in [6.07, 6.45) is 2.40. The van der Waals surface area contributed by atoms with E-state index in [1.807, 2.05) is 79.7 Å². The Kier molecular flexibility index (Phi) is 6.78. The van der Waals surface area contributed by atoms with Crippen molar-refractivity contribution in [3.63, 3.8) is 0 Å². The lowest BCUT2D eigenvalue weighted by atomic mass is 10.0. The molecule has 5 heteroatoms. The van der Waals surface area contributed by atoms with Gasteiger partial charge in [0.05, 0.1) is 5.52 Å². The topological polar surface area (TPSA) is 74.4 Å². The van der Waals surface area contributed by atoms with Gasteiger partial charge in [0, 0.05) is 17.6 Å². The van der Waals surface area contributed by atoms with Crippen molar-refractivity contribution in [2.24, 2.45) is 5.73 Å². The third-order valence-corrected chi connectivity index (χ3v) is 5.26. The number of esters is 1. The van der Waals surface area contributed by atoms with Gasteiger partial charge in [0.15, 0.2) is 0 Å². The number of hydrogen-bond donors (Lipinski definition) is 1. The fourth-order valence-corrected chi connectivity index (χ4v) is 3.68. The number of aryl methyl sites for hydroxylation is 1. The summed E-state index contributed by atoms with van der Waals surface area (Å²) < 4.78 is 11.7. The number of ether oxygens (including phenoxy) is 2. The van der Waals surface area contributed by atoms with E-state index in [2.05, 4.69) is 4.98 Å². The highest BCUT2D eigenvalue weighted by atomic mass is 16.5. The van der Waals surface area contributed by atoms with Gasteiger partial charge in [0.2, 0.25) is 0 Å². The molecule has 4 rings (SSSR count). The van der Waals surface area contributed by atoms with Gasteiger partial charge >= 0.3 is 5.97 Å². The molecule has 0 aliphatic carbocycles. The number of pyridine rings is 1. The summed E-state index contributed by atoms with van der Waals surface area (Å²) in [5.41, 5.74) is 10.4. The second-order valence-electron chi connectivity index (χ2n) is 7.79. The zero-order valence-corrected chi connectivity index (χ0v) is 18.0. The van der Waals surface area contributed by atoms with Gasteiger partial charge in [-0.25, -0.2) is 4.79 Å². The maximum atomic E-state index is 13.1. The number of rotatable bonds is 8. The van der Waals surface area contributed by atoms with Gasteiger partial charge in [-0.3, -0.25) is 4.98 Å². The van der Waals surface area contributed by atoms with Gasteiger partial charge in [-0.1, -0.05) is 66.7 Å². The molecule has 0 aliphatic heterocycles. The third kappa shape index (κ3) is 5.13. The van der Waals surface area contributed by atoms with Crippen LogP contribution in [-0.2, 0) is 17.8 Å². The second-order valence-corrected chi connectivity index (χ2v) is 7.79. The first-order chi connectivity index (χ1) is 15.6. The number of carbonyl (C=O) groups is 1. The predicted octanol–water partition coefficient (Wildman–Crippen LogP) is 4.85. The van der Waals surface area contributed by atoms with Crippen LogP contribution in [0.15, 0.2) is 85.1 Å². The molecule has 0 bridgehead atoms. The Morgan fingerprint density at radius 1 is 0.969 bits per heavy atom. The molecule has 0 saturated heterocycles. The Morgan fingerprint density at radius 2 is 1.66 bits per heavy atom. The van der Waals surface area contributed by atoms with Gasteiger partial charge in [-0.15, -0.1) is 0 Å². The molecule has 32 heavy (non-hydrogen) atoms. The summed E-state index contributed by atoms with van der Waals surface area (Å²) in [4.78, 5) is 17.6. The fourth-order valence-electron chi connectivity index (χ4n) is 3.68. The highest BCUT2D eigenvalue weighted by Gasteiger charge is 2.21. The predicted molar refractivity (Wildman–Crippen MR) is 126 cm³/mol. The molecule has 0 saturated carbocycles. The highest BCUT2D eigenvalue weighted by molar-refractivity contribution is 6.07. The third-order valence-electron chi connectivity index (χ3n) is 5.26. The molecule has 2 N–H and O–H groups in total. The van der Waals surface area contributed by atoms with Crippen molar-refractivity contribution < 1.29 is 14.3 Å². The van der Waals surface area contributed by atoms with Crippen molar-refractivity contribution in [2.45, 2.75) is 26.0 Å². The van der Waals surface area contributed by atoms with Crippen LogP contribution < -0.4 is 10.5 Å². The van der Waals surface area contributed by atoms with Crippen molar-refractivity contribution in [2.75, 3.05) is 6.61 Å². The molecule has 5 nitrogen and oxygen atoms in total. The summed E-state index contributed by atoms with van der Waals surface area (Å²) in [6.45, 7) is 2.41. The van der Waals surface area contributed by atoms with E-state index < -0.39 is 5.97 Å². The van der Waals surface area contributed by atoms with Crippen LogP contribution in [0.1, 0.15) is 27.0 Å². The average molecular weight is 427 g/mol.